The maximum Gasteiger partial charge on any atom is -0.0254 e. The highest BCUT2D eigenvalue weighted by Crippen LogP contribution is 2.12. The molecule has 0 bridgehead atoms. The topological polar surface area (TPSA) is 0 Å². The van der Waals surface area contributed by atoms with Gasteiger partial charge < -0.3 is 0 Å². The van der Waals surface area contributed by atoms with Crippen molar-refractivity contribution in [1.82, 2.24) is 0 Å². The second-order valence-corrected chi connectivity index (χ2v) is 5.79. The van der Waals surface area contributed by atoms with E-state index in [4.69, 9.17) is 0 Å². The fourth-order valence-corrected chi connectivity index (χ4v) is 2.20. The summed E-state index contributed by atoms with van der Waals surface area (Å²) in [5, 5.41) is 0. The molecule has 0 amide bonds. The average molecular weight is 288 g/mol. The molecule has 2 aromatic rings. The van der Waals surface area contributed by atoms with Gasteiger partial charge in [-0.1, -0.05) is 72.9 Å². The Morgan fingerprint density at radius 2 is 0.909 bits per heavy atom. The highest BCUT2D eigenvalue weighted by atomic mass is 14.0. The van der Waals surface area contributed by atoms with E-state index >= 15 is 0 Å². The predicted octanol–water partition coefficient (Wildman–Crippen LogP) is 6.20. The molecule has 112 valence electrons. The zero-order valence-electron chi connectivity index (χ0n) is 13.9. The van der Waals surface area contributed by atoms with Crippen LogP contribution in [0.25, 0.3) is 12.2 Å². The summed E-state index contributed by atoms with van der Waals surface area (Å²) in [5.41, 5.74) is 7.83. The van der Waals surface area contributed by atoms with Gasteiger partial charge in [0.15, 0.2) is 0 Å². The molecule has 0 nitrogen and oxygen atoms in total. The summed E-state index contributed by atoms with van der Waals surface area (Å²) in [5.74, 6) is 0. The second-order valence-electron chi connectivity index (χ2n) is 5.79. The van der Waals surface area contributed by atoms with Crippen LogP contribution < -0.4 is 0 Å². The van der Waals surface area contributed by atoms with E-state index in [0.29, 0.717) is 0 Å². The van der Waals surface area contributed by atoms with Gasteiger partial charge in [0.2, 0.25) is 0 Å². The summed E-state index contributed by atoms with van der Waals surface area (Å²) in [6, 6.07) is 13.1. The van der Waals surface area contributed by atoms with Crippen molar-refractivity contribution in [2.24, 2.45) is 0 Å². The molecule has 0 radical (unpaired) electrons. The molecule has 0 aliphatic carbocycles. The van der Waals surface area contributed by atoms with Crippen molar-refractivity contribution in [3.8, 4) is 0 Å². The zero-order chi connectivity index (χ0) is 15.9. The van der Waals surface area contributed by atoms with E-state index in [2.05, 4.69) is 101 Å². The van der Waals surface area contributed by atoms with E-state index in [9.17, 15) is 0 Å². The number of allylic oxidation sites excluding steroid dienone is 4. The van der Waals surface area contributed by atoms with Gasteiger partial charge in [-0.2, -0.15) is 0 Å². The largest absolute Gasteiger partial charge is 0.0622 e. The molecule has 0 saturated carbocycles. The molecule has 0 aromatic heterocycles. The molecule has 0 saturated heterocycles. The molecule has 0 aliphatic rings. The molecule has 0 spiro atoms. The van der Waals surface area contributed by atoms with Crippen LogP contribution in [0.1, 0.15) is 33.4 Å². The highest BCUT2D eigenvalue weighted by molar-refractivity contribution is 5.55. The van der Waals surface area contributed by atoms with Gasteiger partial charge >= 0.3 is 0 Å². The molecule has 0 N–H and O–H groups in total. The molecule has 0 aliphatic heterocycles. The Bertz CT molecular complexity index is 664. The van der Waals surface area contributed by atoms with Gasteiger partial charge in [-0.25, -0.2) is 0 Å². The molecule has 22 heavy (non-hydrogen) atoms. The minimum absolute atomic E-state index is 1.24. The lowest BCUT2D eigenvalue weighted by atomic mass is 10.1. The number of hydrogen-bond donors (Lipinski definition) is 0. The first-order valence-corrected chi connectivity index (χ1v) is 7.72. The van der Waals surface area contributed by atoms with Crippen LogP contribution in [0.2, 0.25) is 0 Å². The summed E-state index contributed by atoms with van der Waals surface area (Å²) in [4.78, 5) is 0. The van der Waals surface area contributed by atoms with Gasteiger partial charge in [0.05, 0.1) is 0 Å². The summed E-state index contributed by atoms with van der Waals surface area (Å²) >= 11 is 0. The lowest BCUT2D eigenvalue weighted by molar-refractivity contribution is 1.33. The van der Waals surface area contributed by atoms with Crippen molar-refractivity contribution in [3.05, 3.63) is 94.1 Å². The van der Waals surface area contributed by atoms with Crippen LogP contribution in [0.4, 0.5) is 0 Å². The lowest BCUT2D eigenvalue weighted by Gasteiger charge is -2.00. The fraction of sp³-hybridized carbons (Fsp3) is 0.182. The molecule has 0 atom stereocenters. The van der Waals surface area contributed by atoms with Crippen LogP contribution in [0, 0.1) is 27.7 Å². The molecular weight excluding hydrogens is 264 g/mol. The normalized spacial score (nSPS) is 12.0. The number of benzene rings is 2. The molecule has 0 heterocycles. The second kappa shape index (κ2) is 7.61. The quantitative estimate of drug-likeness (QED) is 0.587. The van der Waals surface area contributed by atoms with Crippen LogP contribution >= 0.6 is 0 Å². The van der Waals surface area contributed by atoms with Gasteiger partial charge in [0, 0.05) is 0 Å². The first-order chi connectivity index (χ1) is 10.6. The molecule has 2 rings (SSSR count). The Morgan fingerprint density at radius 1 is 0.500 bits per heavy atom. The van der Waals surface area contributed by atoms with Crippen LogP contribution in [0.5, 0.6) is 0 Å². The van der Waals surface area contributed by atoms with Crippen molar-refractivity contribution in [1.29, 1.82) is 0 Å². The Morgan fingerprint density at radius 3 is 1.27 bits per heavy atom. The molecule has 2 aromatic carbocycles. The highest BCUT2D eigenvalue weighted by Gasteiger charge is 1.92. The van der Waals surface area contributed by atoms with Crippen LogP contribution in [-0.2, 0) is 0 Å². The van der Waals surface area contributed by atoms with Crippen molar-refractivity contribution < 1.29 is 0 Å². The fourth-order valence-electron chi connectivity index (χ4n) is 2.20. The molecular formula is C22H24. The average Bonchev–Trinajstić information content (AvgIpc) is 2.50. The lowest BCUT2D eigenvalue weighted by Crippen LogP contribution is -1.81. The number of hydrogen-bond acceptors (Lipinski definition) is 0. The van der Waals surface area contributed by atoms with Crippen LogP contribution in [0.15, 0.2) is 60.7 Å². The smallest absolute Gasteiger partial charge is 0.0254 e. The van der Waals surface area contributed by atoms with Gasteiger partial charge in [-0.15, -0.1) is 0 Å². The third-order valence-corrected chi connectivity index (χ3v) is 3.97. The minimum atomic E-state index is 1.24. The maximum atomic E-state index is 2.21. The van der Waals surface area contributed by atoms with Gasteiger partial charge in [-0.05, 0) is 61.1 Å². The Balaban J connectivity index is 1.94. The molecule has 0 heteroatoms. The number of rotatable bonds is 4. The third-order valence-electron chi connectivity index (χ3n) is 3.97. The standard InChI is InChI=1S/C22H24/c1-17-11-13-21(15-19(17)3)9-7-5-6-8-10-22-14-12-18(2)20(4)16-22/h5-16H,1-4H3. The van der Waals surface area contributed by atoms with E-state index in [1.807, 2.05) is 0 Å². The van der Waals surface area contributed by atoms with Crippen molar-refractivity contribution in [2.45, 2.75) is 27.7 Å². The summed E-state index contributed by atoms with van der Waals surface area (Å²) in [7, 11) is 0. The van der Waals surface area contributed by atoms with Gasteiger partial charge in [0.25, 0.3) is 0 Å². The van der Waals surface area contributed by atoms with Gasteiger partial charge in [-0.3, -0.25) is 0 Å². The first kappa shape index (κ1) is 16.0. The summed E-state index contributed by atoms with van der Waals surface area (Å²) < 4.78 is 0. The minimum Gasteiger partial charge on any atom is -0.0622 e. The SMILES string of the molecule is Cc1ccc(C=CC=CC=Cc2ccc(C)c(C)c2)cc1C. The zero-order valence-corrected chi connectivity index (χ0v) is 13.9. The third kappa shape index (κ3) is 4.60. The summed E-state index contributed by atoms with van der Waals surface area (Å²) in [6.07, 6.45) is 12.5. The maximum absolute atomic E-state index is 2.21. The van der Waals surface area contributed by atoms with E-state index in [1.165, 1.54) is 33.4 Å². The monoisotopic (exact) mass is 288 g/mol. The van der Waals surface area contributed by atoms with Crippen molar-refractivity contribution in [3.63, 3.8) is 0 Å². The Kier molecular flexibility index (Phi) is 5.55. The van der Waals surface area contributed by atoms with E-state index in [1.54, 1.807) is 0 Å². The van der Waals surface area contributed by atoms with Crippen molar-refractivity contribution >= 4 is 12.2 Å². The van der Waals surface area contributed by atoms with E-state index in [-0.39, 0.29) is 0 Å². The molecule has 0 unspecified atom stereocenters. The van der Waals surface area contributed by atoms with Gasteiger partial charge in [0.1, 0.15) is 0 Å². The Hall–Kier alpha value is -2.34. The van der Waals surface area contributed by atoms with Crippen LogP contribution in [-0.4, -0.2) is 0 Å². The van der Waals surface area contributed by atoms with E-state index in [0.717, 1.165) is 0 Å². The predicted molar refractivity (Wildman–Crippen MR) is 99.0 cm³/mol. The van der Waals surface area contributed by atoms with E-state index < -0.39 is 0 Å². The van der Waals surface area contributed by atoms with Crippen molar-refractivity contribution in [2.75, 3.05) is 0 Å². The van der Waals surface area contributed by atoms with Crippen LogP contribution in [0.3, 0.4) is 0 Å². The Labute approximate surface area is 134 Å². The number of aryl methyl sites for hydroxylation is 4. The molecule has 0 fully saturated rings. The summed E-state index contributed by atoms with van der Waals surface area (Å²) in [6.45, 7) is 8.57. The first-order valence-electron chi connectivity index (χ1n) is 7.72.